The van der Waals surface area contributed by atoms with Gasteiger partial charge in [-0.05, 0) is 73.8 Å². The molecule has 0 aliphatic rings. The largest absolute Gasteiger partial charge is 0.524 e. The Labute approximate surface area is 243 Å². The number of isothiocyanates is 1. The number of phenols is 1. The van der Waals surface area contributed by atoms with Crippen molar-refractivity contribution in [3.05, 3.63) is 53.3 Å². The van der Waals surface area contributed by atoms with Gasteiger partial charge in [0.2, 0.25) is 0 Å². The molecular formula is C28H34N5O6PS. The monoisotopic (exact) mass is 599 g/mol. The number of ether oxygens (including phenoxy) is 1. The molecule has 11 nitrogen and oxygen atoms in total. The lowest BCUT2D eigenvalue weighted by atomic mass is 10.1. The van der Waals surface area contributed by atoms with Gasteiger partial charge in [0, 0.05) is 30.6 Å². The average molecular weight is 600 g/mol. The molecule has 2 aromatic carbocycles. The van der Waals surface area contributed by atoms with Gasteiger partial charge >= 0.3 is 7.82 Å². The first-order valence-electron chi connectivity index (χ1n) is 13.5. The lowest BCUT2D eigenvalue weighted by Gasteiger charge is -2.16. The van der Waals surface area contributed by atoms with Crippen LogP contribution in [0.15, 0.2) is 41.4 Å². The molecule has 0 aliphatic carbocycles. The highest BCUT2D eigenvalue weighted by atomic mass is 32.1. The van der Waals surface area contributed by atoms with Crippen LogP contribution < -0.4 is 10.3 Å². The Morgan fingerprint density at radius 2 is 1.90 bits per heavy atom. The first-order valence-corrected chi connectivity index (χ1v) is 15.4. The number of fused-ring (bicyclic) bond motifs is 3. The van der Waals surface area contributed by atoms with E-state index in [2.05, 4.69) is 40.3 Å². The lowest BCUT2D eigenvalue weighted by molar-refractivity contribution is 0.131. The highest BCUT2D eigenvalue weighted by molar-refractivity contribution is 7.78. The quantitative estimate of drug-likeness (QED) is 0.0619. The third-order valence-electron chi connectivity index (χ3n) is 6.57. The lowest BCUT2D eigenvalue weighted by Crippen LogP contribution is -2.07. The van der Waals surface area contributed by atoms with Gasteiger partial charge in [0.05, 0.1) is 29.3 Å². The van der Waals surface area contributed by atoms with Crippen LogP contribution >= 0.6 is 20.0 Å². The van der Waals surface area contributed by atoms with Crippen molar-refractivity contribution >= 4 is 53.0 Å². The number of nitrogens with two attached hydrogens (primary N) is 1. The maximum atomic E-state index is 11.7. The number of phenolic OH excluding ortho intramolecular Hbond substituents is 1. The smallest absolute Gasteiger partial charge is 0.508 e. The first kappa shape index (κ1) is 30.6. The number of aromatic nitrogens is 3. The summed E-state index contributed by atoms with van der Waals surface area (Å²) in [6.45, 7) is 4.08. The molecule has 0 atom stereocenters. The van der Waals surface area contributed by atoms with E-state index >= 15 is 0 Å². The number of aromatic hydroxyl groups is 1. The van der Waals surface area contributed by atoms with Gasteiger partial charge in [-0.25, -0.2) is 19.5 Å². The van der Waals surface area contributed by atoms with Crippen molar-refractivity contribution < 1.29 is 28.7 Å². The molecule has 0 radical (unpaired) electrons. The minimum Gasteiger partial charge on any atom is -0.508 e. The Bertz CT molecular complexity index is 1620. The second kappa shape index (κ2) is 14.0. The van der Waals surface area contributed by atoms with Crippen molar-refractivity contribution in [3.8, 4) is 11.5 Å². The Balaban J connectivity index is 1.71. The highest BCUT2D eigenvalue weighted by Gasteiger charge is 2.22. The topological polar surface area (TPSA) is 165 Å². The number of pyridine rings is 1. The number of aryl methyl sites for hydroxylation is 2. The second-order valence-corrected chi connectivity index (χ2v) is 11.0. The normalized spacial score (nSPS) is 11.7. The summed E-state index contributed by atoms with van der Waals surface area (Å²) in [5, 5.41) is 13.4. The molecule has 0 amide bonds. The number of phosphoric acid groups is 1. The molecule has 4 aromatic rings. The fourth-order valence-corrected chi connectivity index (χ4v) is 5.23. The Morgan fingerprint density at radius 1 is 1.10 bits per heavy atom. The second-order valence-electron chi connectivity index (χ2n) is 9.68. The van der Waals surface area contributed by atoms with Crippen molar-refractivity contribution in [3.63, 3.8) is 0 Å². The average Bonchev–Trinajstić information content (AvgIpc) is 3.29. The zero-order valence-corrected chi connectivity index (χ0v) is 24.5. The molecule has 0 spiro atoms. The summed E-state index contributed by atoms with van der Waals surface area (Å²) in [5.41, 5.74) is 9.89. The number of hydrogen-bond donors (Lipinski definition) is 4. The predicted octanol–water partition coefficient (Wildman–Crippen LogP) is 5.18. The van der Waals surface area contributed by atoms with Crippen LogP contribution in [0.3, 0.4) is 0 Å². The van der Waals surface area contributed by atoms with Gasteiger partial charge in [0.15, 0.2) is 5.82 Å². The zero-order valence-electron chi connectivity index (χ0n) is 22.8. The molecule has 13 heteroatoms. The van der Waals surface area contributed by atoms with E-state index in [0.29, 0.717) is 48.6 Å². The molecule has 41 heavy (non-hydrogen) atoms. The molecule has 2 heterocycles. The summed E-state index contributed by atoms with van der Waals surface area (Å²) >= 11 is 4.57. The van der Waals surface area contributed by atoms with Gasteiger partial charge in [-0.3, -0.25) is 9.79 Å². The van der Waals surface area contributed by atoms with Crippen molar-refractivity contribution in [1.82, 2.24) is 14.5 Å². The number of nitrogens with zero attached hydrogens (tertiary/aromatic N) is 4. The molecule has 2 aromatic heterocycles. The number of thiocarbonyl (C=S) groups is 1. The maximum Gasteiger partial charge on any atom is 0.524 e. The SMILES string of the molecule is CCCCc1nc2c(N)nc3ccc(CCCOCCCN=C=S)cc3c2n1Cc1cc(O)ccc1OP(=O)(O)O. The van der Waals surface area contributed by atoms with Crippen LogP contribution in [0.4, 0.5) is 5.82 Å². The number of nitrogen functional groups attached to an aromatic ring is 1. The number of benzene rings is 2. The van der Waals surface area contributed by atoms with E-state index in [0.717, 1.165) is 54.4 Å². The van der Waals surface area contributed by atoms with Crippen LogP contribution in [0.1, 0.15) is 49.6 Å². The van der Waals surface area contributed by atoms with Crippen LogP contribution in [0, 0.1) is 0 Å². The Morgan fingerprint density at radius 3 is 2.66 bits per heavy atom. The number of aliphatic imine (C=N–C) groups is 1. The summed E-state index contributed by atoms with van der Waals surface area (Å²) in [7, 11) is -4.83. The summed E-state index contributed by atoms with van der Waals surface area (Å²) in [6, 6.07) is 10.1. The molecule has 0 aliphatic heterocycles. The summed E-state index contributed by atoms with van der Waals surface area (Å²) in [5.74, 6) is 0.968. The van der Waals surface area contributed by atoms with Gasteiger partial charge in [0.25, 0.3) is 0 Å². The summed E-state index contributed by atoms with van der Waals surface area (Å²) in [6.07, 6.45) is 4.91. The molecule has 0 fully saturated rings. The van der Waals surface area contributed by atoms with Gasteiger partial charge in [-0.1, -0.05) is 19.4 Å². The third kappa shape index (κ3) is 8.10. The standard InChI is InChI=1S/C28H34N5O6PS/c1-2-3-7-25-32-26-27(33(25)17-20-16-21(34)9-11-24(20)39-40(35,36)37)22-15-19(8-10-23(22)31-28(26)29)6-4-13-38-14-5-12-30-18-41/h8-11,15-16,34H,2-7,12-14,17H2,1H3,(H2,29,31)(H2,35,36,37). The highest BCUT2D eigenvalue weighted by Crippen LogP contribution is 2.41. The van der Waals surface area contributed by atoms with Crippen LogP contribution in [0.25, 0.3) is 21.9 Å². The maximum absolute atomic E-state index is 11.7. The van der Waals surface area contributed by atoms with E-state index in [1.165, 1.54) is 18.2 Å². The van der Waals surface area contributed by atoms with Gasteiger partial charge in [-0.2, -0.15) is 0 Å². The summed E-state index contributed by atoms with van der Waals surface area (Å²) in [4.78, 5) is 32.2. The molecule has 0 bridgehead atoms. The number of anilines is 1. The van der Waals surface area contributed by atoms with Crippen LogP contribution in [-0.2, 0) is 28.7 Å². The Kier molecular flexibility index (Phi) is 10.4. The molecule has 5 N–H and O–H groups in total. The minimum absolute atomic E-state index is 0.0273. The predicted molar refractivity (Wildman–Crippen MR) is 162 cm³/mol. The summed E-state index contributed by atoms with van der Waals surface area (Å²) < 4.78 is 24.3. The molecular weight excluding hydrogens is 565 g/mol. The van der Waals surface area contributed by atoms with E-state index < -0.39 is 7.82 Å². The van der Waals surface area contributed by atoms with Crippen LogP contribution in [0.2, 0.25) is 0 Å². The molecule has 0 saturated carbocycles. The minimum atomic E-state index is -4.83. The molecule has 0 unspecified atom stereocenters. The van der Waals surface area contributed by atoms with E-state index in [4.69, 9.17) is 20.0 Å². The van der Waals surface area contributed by atoms with Crippen molar-refractivity contribution in [2.45, 2.75) is 52.0 Å². The van der Waals surface area contributed by atoms with Crippen LogP contribution in [0.5, 0.6) is 11.5 Å². The number of unbranched alkanes of at least 4 members (excludes halogenated alkanes) is 1. The third-order valence-corrected chi connectivity index (χ3v) is 7.13. The van der Waals surface area contributed by atoms with Crippen molar-refractivity contribution in [2.24, 2.45) is 4.99 Å². The zero-order chi connectivity index (χ0) is 29.4. The van der Waals surface area contributed by atoms with Crippen molar-refractivity contribution in [2.75, 3.05) is 25.5 Å². The van der Waals surface area contributed by atoms with E-state index in [1.807, 2.05) is 16.7 Å². The number of imidazole rings is 1. The number of rotatable bonds is 15. The van der Waals surface area contributed by atoms with E-state index in [-0.39, 0.29) is 18.0 Å². The first-order chi connectivity index (χ1) is 19.7. The van der Waals surface area contributed by atoms with Crippen molar-refractivity contribution in [1.29, 1.82) is 0 Å². The van der Waals surface area contributed by atoms with Gasteiger partial charge in [0.1, 0.15) is 22.8 Å². The van der Waals surface area contributed by atoms with Crippen LogP contribution in [-0.4, -0.2) is 54.3 Å². The fourth-order valence-electron chi connectivity index (χ4n) is 4.70. The molecule has 0 saturated heterocycles. The molecule has 4 rings (SSSR count). The van der Waals surface area contributed by atoms with E-state index in [9.17, 15) is 19.5 Å². The van der Waals surface area contributed by atoms with Gasteiger partial charge < -0.3 is 24.7 Å². The Hall–Kier alpha value is -3.37. The van der Waals surface area contributed by atoms with Gasteiger partial charge in [-0.15, -0.1) is 0 Å². The fraction of sp³-hybridized carbons (Fsp3) is 0.393. The van der Waals surface area contributed by atoms with E-state index in [1.54, 1.807) is 0 Å². The molecule has 218 valence electrons. The number of hydrogen-bond acceptors (Lipinski definition) is 9. The number of phosphoric ester groups is 1.